The standard InChI is InChI=1S/C4H12I2OSi2/c1-8(2,5)7-9(3,4)6/h1-4H3. The summed E-state index contributed by atoms with van der Waals surface area (Å²) < 4.78 is 5.88. The third kappa shape index (κ3) is 9.85. The second kappa shape index (κ2) is 3.50. The minimum absolute atomic E-state index is 1.27. The Kier molecular flexibility index (Phi) is 4.22. The Morgan fingerprint density at radius 2 is 1.11 bits per heavy atom. The van der Waals surface area contributed by atoms with Crippen LogP contribution in [0.25, 0.3) is 0 Å². The highest BCUT2D eigenvalue weighted by Crippen LogP contribution is 2.23. The fourth-order valence-electron chi connectivity index (χ4n) is 0.577. The van der Waals surface area contributed by atoms with Crippen molar-refractivity contribution < 1.29 is 4.12 Å². The molecule has 5 heteroatoms. The Morgan fingerprint density at radius 3 is 1.11 bits per heavy atom. The van der Waals surface area contributed by atoms with E-state index in [0.29, 0.717) is 0 Å². The molecule has 0 saturated heterocycles. The third-order valence-electron chi connectivity index (χ3n) is 0.485. The monoisotopic (exact) mass is 386 g/mol. The molecule has 0 aromatic heterocycles. The molecule has 0 atom stereocenters. The topological polar surface area (TPSA) is 9.23 Å². The molecule has 0 fully saturated rings. The van der Waals surface area contributed by atoms with Crippen molar-refractivity contribution >= 4 is 55.2 Å². The molecule has 0 aromatic carbocycles. The smallest absolute Gasteiger partial charge is 0.242 e. The van der Waals surface area contributed by atoms with Gasteiger partial charge in [-0.1, -0.05) is 43.6 Å². The highest BCUT2D eigenvalue weighted by atomic mass is 127. The second-order valence-electron chi connectivity index (χ2n) is 2.83. The Hall–Kier alpha value is 1.85. The van der Waals surface area contributed by atoms with Crippen LogP contribution in [0.4, 0.5) is 0 Å². The number of hydrogen-bond donors (Lipinski definition) is 0. The summed E-state index contributed by atoms with van der Waals surface area (Å²) in [6.07, 6.45) is 0. The van der Waals surface area contributed by atoms with E-state index in [1.807, 2.05) is 0 Å². The number of rotatable bonds is 2. The molecule has 0 N–H and O–H groups in total. The first-order valence-corrected chi connectivity index (χ1v) is 14.8. The SMILES string of the molecule is C[Si](C)(I)O[Si](C)(C)I. The van der Waals surface area contributed by atoms with Gasteiger partial charge in [0.2, 0.25) is 11.6 Å². The average Bonchev–Trinajstić information content (AvgIpc) is 1.14. The molecule has 0 heterocycles. The van der Waals surface area contributed by atoms with Gasteiger partial charge in [0.1, 0.15) is 0 Å². The predicted molar refractivity (Wildman–Crippen MR) is 64.1 cm³/mol. The lowest BCUT2D eigenvalue weighted by molar-refractivity contribution is 0.601. The van der Waals surface area contributed by atoms with E-state index in [4.69, 9.17) is 4.12 Å². The van der Waals surface area contributed by atoms with Crippen molar-refractivity contribution in [2.75, 3.05) is 0 Å². The lowest BCUT2D eigenvalue weighted by Crippen LogP contribution is -2.35. The molecule has 0 unspecified atom stereocenters. The molecule has 0 bridgehead atoms. The van der Waals surface area contributed by atoms with Crippen LogP contribution in [0.5, 0.6) is 0 Å². The van der Waals surface area contributed by atoms with Crippen LogP contribution in [0.1, 0.15) is 0 Å². The summed E-state index contributed by atoms with van der Waals surface area (Å²) in [5, 5.41) is 0. The molecule has 0 radical (unpaired) electrons. The van der Waals surface area contributed by atoms with Gasteiger partial charge in [0.15, 0.2) is 0 Å². The Morgan fingerprint density at radius 1 is 0.889 bits per heavy atom. The Labute approximate surface area is 84.6 Å². The van der Waals surface area contributed by atoms with Crippen molar-refractivity contribution in [1.29, 1.82) is 0 Å². The molecule has 0 rings (SSSR count). The van der Waals surface area contributed by atoms with Crippen molar-refractivity contribution in [3.8, 4) is 0 Å². The van der Waals surface area contributed by atoms with Gasteiger partial charge in [-0.2, -0.15) is 0 Å². The van der Waals surface area contributed by atoms with Gasteiger partial charge >= 0.3 is 0 Å². The minimum Gasteiger partial charge on any atom is -0.441 e. The maximum absolute atomic E-state index is 5.88. The van der Waals surface area contributed by atoms with Crippen LogP contribution >= 0.6 is 43.6 Å². The van der Waals surface area contributed by atoms with Crippen LogP contribution < -0.4 is 0 Å². The fraction of sp³-hybridized carbons (Fsp3) is 1.00. The van der Waals surface area contributed by atoms with Gasteiger partial charge in [0, 0.05) is 0 Å². The first-order valence-electron chi connectivity index (χ1n) is 2.79. The van der Waals surface area contributed by atoms with Crippen LogP contribution in [0, 0.1) is 0 Å². The van der Waals surface area contributed by atoms with Crippen LogP contribution in [0.15, 0.2) is 0 Å². The third-order valence-corrected chi connectivity index (χ3v) is 8.33. The van der Waals surface area contributed by atoms with Gasteiger partial charge in [-0.25, -0.2) is 0 Å². The normalized spacial score (nSPS) is 14.0. The Balaban J connectivity index is 3.75. The molecule has 0 aliphatic heterocycles. The molecule has 0 aliphatic rings. The largest absolute Gasteiger partial charge is 0.441 e. The van der Waals surface area contributed by atoms with E-state index in [0.717, 1.165) is 0 Å². The summed E-state index contributed by atoms with van der Waals surface area (Å²) in [4.78, 5) is 0. The fourth-order valence-corrected chi connectivity index (χ4v) is 18.9. The summed E-state index contributed by atoms with van der Waals surface area (Å²) in [7, 11) is 0. The first-order chi connectivity index (χ1) is 3.71. The summed E-state index contributed by atoms with van der Waals surface area (Å²) in [6.45, 7) is 8.89. The molecular weight excluding hydrogens is 374 g/mol. The van der Waals surface area contributed by atoms with Gasteiger partial charge < -0.3 is 4.12 Å². The number of halogens is 2. The van der Waals surface area contributed by atoms with E-state index >= 15 is 0 Å². The van der Waals surface area contributed by atoms with Crippen molar-refractivity contribution in [1.82, 2.24) is 0 Å². The molecular formula is C4H12I2OSi2. The van der Waals surface area contributed by atoms with E-state index in [1.165, 1.54) is 0 Å². The Bertz CT molecular complexity index is 81.7. The van der Waals surface area contributed by atoms with Gasteiger partial charge in [-0.05, 0) is 26.2 Å². The highest BCUT2D eigenvalue weighted by Gasteiger charge is 2.28. The lowest BCUT2D eigenvalue weighted by atomic mass is 11.9. The van der Waals surface area contributed by atoms with Crippen molar-refractivity contribution in [3.05, 3.63) is 0 Å². The zero-order valence-corrected chi connectivity index (χ0v) is 12.5. The van der Waals surface area contributed by atoms with E-state index in [1.54, 1.807) is 0 Å². The molecule has 0 aliphatic carbocycles. The lowest BCUT2D eigenvalue weighted by Gasteiger charge is -2.24. The molecule has 0 spiro atoms. The highest BCUT2D eigenvalue weighted by molar-refractivity contribution is 14.1. The molecule has 56 valence electrons. The molecule has 0 saturated carbocycles. The van der Waals surface area contributed by atoms with Gasteiger partial charge in [0.25, 0.3) is 0 Å². The van der Waals surface area contributed by atoms with E-state index in [9.17, 15) is 0 Å². The van der Waals surface area contributed by atoms with Crippen LogP contribution in [-0.2, 0) is 4.12 Å². The summed E-state index contributed by atoms with van der Waals surface area (Å²) in [5.41, 5.74) is 0. The average molecular weight is 386 g/mol. The van der Waals surface area contributed by atoms with Crippen LogP contribution in [0.2, 0.25) is 26.2 Å². The first kappa shape index (κ1) is 10.9. The van der Waals surface area contributed by atoms with Gasteiger partial charge in [-0.3, -0.25) is 0 Å². The minimum atomic E-state index is -1.27. The molecule has 9 heavy (non-hydrogen) atoms. The summed E-state index contributed by atoms with van der Waals surface area (Å²) in [5.74, 6) is -2.54. The van der Waals surface area contributed by atoms with Gasteiger partial charge in [-0.15, -0.1) is 0 Å². The zero-order valence-electron chi connectivity index (χ0n) is 6.16. The van der Waals surface area contributed by atoms with Gasteiger partial charge in [0.05, 0.1) is 0 Å². The van der Waals surface area contributed by atoms with Crippen LogP contribution in [-0.4, -0.2) is 11.6 Å². The van der Waals surface area contributed by atoms with E-state index in [-0.39, 0.29) is 0 Å². The molecule has 0 amide bonds. The van der Waals surface area contributed by atoms with E-state index in [2.05, 4.69) is 69.8 Å². The number of hydrogen-bond acceptors (Lipinski definition) is 1. The van der Waals surface area contributed by atoms with E-state index < -0.39 is 11.6 Å². The van der Waals surface area contributed by atoms with Crippen molar-refractivity contribution in [3.63, 3.8) is 0 Å². The maximum Gasteiger partial charge on any atom is 0.242 e. The van der Waals surface area contributed by atoms with Crippen LogP contribution in [0.3, 0.4) is 0 Å². The van der Waals surface area contributed by atoms with Crippen molar-refractivity contribution in [2.45, 2.75) is 26.2 Å². The summed E-state index contributed by atoms with van der Waals surface area (Å²) >= 11 is 4.90. The second-order valence-corrected chi connectivity index (χ2v) is 24.7. The zero-order chi connectivity index (χ0) is 7.71. The molecule has 1 nitrogen and oxygen atoms in total. The quantitative estimate of drug-likeness (QED) is 0.402. The van der Waals surface area contributed by atoms with Crippen molar-refractivity contribution in [2.24, 2.45) is 0 Å². The summed E-state index contributed by atoms with van der Waals surface area (Å²) in [6, 6.07) is 0. The molecule has 0 aromatic rings. The maximum atomic E-state index is 5.88. The predicted octanol–water partition coefficient (Wildman–Crippen LogP) is 3.28.